The van der Waals surface area contributed by atoms with Gasteiger partial charge in [0.2, 0.25) is 5.91 Å². The van der Waals surface area contributed by atoms with Crippen molar-refractivity contribution in [2.75, 3.05) is 18.6 Å². The smallest absolute Gasteiger partial charge is 0.277 e. The first-order valence-corrected chi connectivity index (χ1v) is 11.4. The number of nitrogens with one attached hydrogen (secondary N) is 2. The van der Waals surface area contributed by atoms with Crippen LogP contribution in [0.25, 0.3) is 0 Å². The van der Waals surface area contributed by atoms with Crippen LogP contribution in [0, 0.1) is 5.82 Å². The highest BCUT2D eigenvalue weighted by Crippen LogP contribution is 2.29. The lowest BCUT2D eigenvalue weighted by Crippen LogP contribution is -2.44. The van der Waals surface area contributed by atoms with E-state index in [0.717, 1.165) is 11.1 Å². The number of pyridine rings is 1. The van der Waals surface area contributed by atoms with Crippen molar-refractivity contribution < 1.29 is 18.7 Å². The predicted octanol–water partition coefficient (Wildman–Crippen LogP) is 3.84. The normalized spacial score (nSPS) is 11.6. The Morgan fingerprint density at radius 1 is 1.06 bits per heavy atom. The molecule has 0 aliphatic rings. The number of halogens is 1. The second kappa shape index (κ2) is 11.9. The highest BCUT2D eigenvalue weighted by atomic mass is 19.1. The summed E-state index contributed by atoms with van der Waals surface area (Å²) in [6, 6.07) is 15.9. The van der Waals surface area contributed by atoms with Gasteiger partial charge in [-0.25, -0.2) is 9.37 Å². The lowest BCUT2D eigenvalue weighted by molar-refractivity contribution is -0.122. The van der Waals surface area contributed by atoms with E-state index in [9.17, 15) is 14.0 Å². The van der Waals surface area contributed by atoms with Gasteiger partial charge in [0.15, 0.2) is 0 Å². The van der Waals surface area contributed by atoms with Crippen molar-refractivity contribution in [3.8, 4) is 0 Å². The van der Waals surface area contributed by atoms with Gasteiger partial charge in [-0.2, -0.15) is 0 Å². The SMILES string of the molecule is COCc1ccc(N(C(=O)c2cnc[nH]2)C(C(=O)NCCc2cccc(F)c2)c2cccnc2)cc1. The predicted molar refractivity (Wildman–Crippen MR) is 133 cm³/mol. The minimum Gasteiger partial charge on any atom is -0.380 e. The summed E-state index contributed by atoms with van der Waals surface area (Å²) in [6.45, 7) is 0.680. The van der Waals surface area contributed by atoms with Crippen LogP contribution in [0.4, 0.5) is 10.1 Å². The Balaban J connectivity index is 1.67. The molecule has 184 valence electrons. The molecular formula is C27H26FN5O3. The first kappa shape index (κ1) is 24.7. The van der Waals surface area contributed by atoms with Gasteiger partial charge >= 0.3 is 0 Å². The van der Waals surface area contributed by atoms with Gasteiger partial charge in [-0.15, -0.1) is 0 Å². The number of nitrogens with zero attached hydrogens (tertiary/aromatic N) is 3. The highest BCUT2D eigenvalue weighted by Gasteiger charge is 2.34. The third kappa shape index (κ3) is 6.00. The van der Waals surface area contributed by atoms with Crippen molar-refractivity contribution in [2.24, 2.45) is 0 Å². The topological polar surface area (TPSA) is 100 Å². The molecule has 2 aromatic carbocycles. The lowest BCUT2D eigenvalue weighted by Gasteiger charge is -2.31. The Labute approximate surface area is 208 Å². The standard InChI is InChI=1S/C27H26FN5O3/c1-36-17-20-7-9-23(10-8-20)33(27(35)24-16-30-18-32-24)25(21-5-3-12-29-15-21)26(34)31-13-11-19-4-2-6-22(28)14-19/h2-10,12,14-16,18,25H,11,13,17H2,1H3,(H,30,32)(H,31,34). The molecule has 0 aliphatic carbocycles. The minimum absolute atomic E-state index is 0.234. The van der Waals surface area contributed by atoms with Crippen molar-refractivity contribution in [3.63, 3.8) is 0 Å². The molecule has 0 aliphatic heterocycles. The van der Waals surface area contributed by atoms with Crippen LogP contribution in [0.5, 0.6) is 0 Å². The van der Waals surface area contributed by atoms with Crippen molar-refractivity contribution in [3.05, 3.63) is 114 Å². The highest BCUT2D eigenvalue weighted by molar-refractivity contribution is 6.09. The number of aromatic nitrogens is 3. The molecule has 4 rings (SSSR count). The van der Waals surface area contributed by atoms with E-state index >= 15 is 0 Å². The maximum atomic E-state index is 13.7. The average Bonchev–Trinajstić information content (AvgIpc) is 3.43. The molecular weight excluding hydrogens is 461 g/mol. The molecule has 2 heterocycles. The van der Waals surface area contributed by atoms with Crippen LogP contribution in [0.1, 0.15) is 33.2 Å². The monoisotopic (exact) mass is 487 g/mol. The fourth-order valence-corrected chi connectivity index (χ4v) is 3.88. The molecule has 0 bridgehead atoms. The molecule has 0 saturated carbocycles. The minimum atomic E-state index is -1.02. The average molecular weight is 488 g/mol. The first-order chi connectivity index (χ1) is 17.6. The van der Waals surface area contributed by atoms with E-state index in [4.69, 9.17) is 4.74 Å². The summed E-state index contributed by atoms with van der Waals surface area (Å²) in [4.78, 5) is 39.6. The molecule has 2 aromatic heterocycles. The fraction of sp³-hybridized carbons (Fsp3) is 0.185. The molecule has 1 atom stereocenters. The summed E-state index contributed by atoms with van der Waals surface area (Å²) in [5.74, 6) is -1.16. The third-order valence-electron chi connectivity index (χ3n) is 5.58. The van der Waals surface area contributed by atoms with E-state index in [1.807, 2.05) is 12.1 Å². The van der Waals surface area contributed by atoms with E-state index < -0.39 is 17.9 Å². The Morgan fingerprint density at radius 3 is 2.56 bits per heavy atom. The fourth-order valence-electron chi connectivity index (χ4n) is 3.88. The molecule has 9 heteroatoms. The summed E-state index contributed by atoms with van der Waals surface area (Å²) in [7, 11) is 1.61. The quantitative estimate of drug-likeness (QED) is 0.354. The number of benzene rings is 2. The molecule has 36 heavy (non-hydrogen) atoms. The van der Waals surface area contributed by atoms with Crippen LogP contribution >= 0.6 is 0 Å². The summed E-state index contributed by atoms with van der Waals surface area (Å²) >= 11 is 0. The summed E-state index contributed by atoms with van der Waals surface area (Å²) in [5, 5.41) is 2.90. The number of amides is 2. The number of anilines is 1. The summed E-state index contributed by atoms with van der Waals surface area (Å²) in [5.41, 5.74) is 2.97. The van der Waals surface area contributed by atoms with Crippen molar-refractivity contribution in [1.29, 1.82) is 0 Å². The number of ether oxygens (including phenoxy) is 1. The van der Waals surface area contributed by atoms with Crippen molar-refractivity contribution in [2.45, 2.75) is 19.1 Å². The number of imidazole rings is 1. The van der Waals surface area contributed by atoms with Gasteiger partial charge in [0.05, 0.1) is 19.1 Å². The van der Waals surface area contributed by atoms with E-state index in [1.165, 1.54) is 29.6 Å². The van der Waals surface area contributed by atoms with Crippen LogP contribution in [-0.4, -0.2) is 40.4 Å². The van der Waals surface area contributed by atoms with Crippen molar-refractivity contribution in [1.82, 2.24) is 20.3 Å². The molecule has 0 radical (unpaired) electrons. The Morgan fingerprint density at radius 2 is 1.89 bits per heavy atom. The number of hydrogen-bond donors (Lipinski definition) is 2. The molecule has 1 unspecified atom stereocenters. The number of H-pyrrole nitrogens is 1. The van der Waals surface area contributed by atoms with Crippen LogP contribution in [0.2, 0.25) is 0 Å². The number of carbonyl (C=O) groups excluding carboxylic acids is 2. The van der Waals surface area contributed by atoms with Crippen LogP contribution in [-0.2, 0) is 22.6 Å². The van der Waals surface area contributed by atoms with Crippen LogP contribution < -0.4 is 10.2 Å². The molecule has 2 amide bonds. The van der Waals surface area contributed by atoms with E-state index in [-0.39, 0.29) is 18.1 Å². The first-order valence-electron chi connectivity index (χ1n) is 11.4. The summed E-state index contributed by atoms with van der Waals surface area (Å²) < 4.78 is 18.7. The second-order valence-electron chi connectivity index (χ2n) is 8.10. The second-order valence-corrected chi connectivity index (χ2v) is 8.10. The van der Waals surface area contributed by atoms with Crippen LogP contribution in [0.15, 0.2) is 85.6 Å². The largest absolute Gasteiger partial charge is 0.380 e. The maximum Gasteiger partial charge on any atom is 0.277 e. The van der Waals surface area contributed by atoms with Crippen molar-refractivity contribution >= 4 is 17.5 Å². The van der Waals surface area contributed by atoms with E-state index in [1.54, 1.807) is 55.9 Å². The number of aromatic amines is 1. The number of rotatable bonds is 10. The zero-order valence-corrected chi connectivity index (χ0v) is 19.7. The number of hydrogen-bond acceptors (Lipinski definition) is 5. The van der Waals surface area contributed by atoms with Gasteiger partial charge in [0.1, 0.15) is 17.6 Å². The number of carbonyl (C=O) groups is 2. The van der Waals surface area contributed by atoms with E-state index in [2.05, 4.69) is 20.3 Å². The van der Waals surface area contributed by atoms with Gasteiger partial charge in [-0.1, -0.05) is 30.3 Å². The molecule has 4 aromatic rings. The molecule has 2 N–H and O–H groups in total. The molecule has 0 spiro atoms. The van der Waals surface area contributed by atoms with E-state index in [0.29, 0.717) is 24.3 Å². The van der Waals surface area contributed by atoms with Gasteiger partial charge in [-0.05, 0) is 47.9 Å². The number of methoxy groups -OCH3 is 1. The zero-order valence-electron chi connectivity index (χ0n) is 19.7. The van der Waals surface area contributed by atoms with Gasteiger partial charge in [0, 0.05) is 37.3 Å². The Bertz CT molecular complexity index is 1280. The Kier molecular flexibility index (Phi) is 8.15. The third-order valence-corrected chi connectivity index (χ3v) is 5.58. The van der Waals surface area contributed by atoms with Gasteiger partial charge in [-0.3, -0.25) is 19.5 Å². The zero-order chi connectivity index (χ0) is 25.3. The van der Waals surface area contributed by atoms with Gasteiger partial charge in [0.25, 0.3) is 5.91 Å². The van der Waals surface area contributed by atoms with Crippen LogP contribution in [0.3, 0.4) is 0 Å². The van der Waals surface area contributed by atoms with Gasteiger partial charge < -0.3 is 15.0 Å². The summed E-state index contributed by atoms with van der Waals surface area (Å²) in [6.07, 6.45) is 6.41. The Hall–Kier alpha value is -4.37. The lowest BCUT2D eigenvalue weighted by atomic mass is 10.0. The molecule has 0 saturated heterocycles. The molecule has 0 fully saturated rings. The molecule has 8 nitrogen and oxygen atoms in total. The maximum absolute atomic E-state index is 13.7.